The van der Waals surface area contributed by atoms with Gasteiger partial charge in [-0.15, -0.1) is 0 Å². The fourth-order valence-corrected chi connectivity index (χ4v) is 6.20. The van der Waals surface area contributed by atoms with Gasteiger partial charge in [-0.05, 0) is 24.3 Å². The summed E-state index contributed by atoms with van der Waals surface area (Å²) in [6, 6.07) is 5.61. The number of hydrogen-bond acceptors (Lipinski definition) is 4. The molecule has 2 aliphatic heterocycles. The van der Waals surface area contributed by atoms with Crippen molar-refractivity contribution in [1.29, 1.82) is 5.41 Å². The van der Waals surface area contributed by atoms with Gasteiger partial charge in [0, 0.05) is 10.9 Å². The summed E-state index contributed by atoms with van der Waals surface area (Å²) in [4.78, 5) is 1.69. The Kier molecular flexibility index (Phi) is 2.63. The zero-order valence-corrected chi connectivity index (χ0v) is 11.0. The molecule has 3 rings (SSSR count). The van der Waals surface area contributed by atoms with Crippen molar-refractivity contribution in [2.45, 2.75) is 11.3 Å². The maximum atomic E-state index is 12.9. The lowest BCUT2D eigenvalue weighted by Crippen LogP contribution is -2.37. The summed E-state index contributed by atoms with van der Waals surface area (Å²) >= 11 is 1.28. The number of thioether (sulfide) groups is 1. The predicted octanol–water partition coefficient (Wildman–Crippen LogP) is 1.48. The van der Waals surface area contributed by atoms with Crippen LogP contribution in [0.15, 0.2) is 24.3 Å². The highest BCUT2D eigenvalue weighted by Crippen LogP contribution is 2.40. The van der Waals surface area contributed by atoms with Crippen molar-refractivity contribution in [1.82, 2.24) is 0 Å². The molecule has 0 bridgehead atoms. The van der Waals surface area contributed by atoms with Gasteiger partial charge in [0.15, 0.2) is 15.0 Å². The first-order chi connectivity index (χ1) is 8.46. The van der Waals surface area contributed by atoms with Gasteiger partial charge in [0.2, 0.25) is 0 Å². The van der Waals surface area contributed by atoms with Crippen LogP contribution in [0.1, 0.15) is 0 Å². The highest BCUT2D eigenvalue weighted by atomic mass is 32.2. The smallest absolute Gasteiger partial charge is 0.161 e. The summed E-state index contributed by atoms with van der Waals surface area (Å²) in [5.41, 5.74) is 0.679. The largest absolute Gasteiger partial charge is 0.316 e. The topological polar surface area (TPSA) is 61.2 Å². The molecule has 0 aliphatic carbocycles. The van der Waals surface area contributed by atoms with Crippen molar-refractivity contribution in [2.24, 2.45) is 0 Å². The van der Waals surface area contributed by atoms with Gasteiger partial charge in [0.05, 0.1) is 17.5 Å². The molecule has 2 aliphatic rings. The number of nitrogens with zero attached hydrogens (tertiary/aromatic N) is 1. The SMILES string of the molecule is N=C1S[C@H]2CS(=O)(=O)C[C@@H]2N1c1ccc(F)cc1. The highest BCUT2D eigenvalue weighted by Gasteiger charge is 2.48. The lowest BCUT2D eigenvalue weighted by atomic mass is 10.2. The van der Waals surface area contributed by atoms with Crippen LogP contribution in [0.3, 0.4) is 0 Å². The Morgan fingerprint density at radius 2 is 1.94 bits per heavy atom. The second kappa shape index (κ2) is 3.96. The normalized spacial score (nSPS) is 29.6. The Morgan fingerprint density at radius 1 is 1.28 bits per heavy atom. The van der Waals surface area contributed by atoms with Gasteiger partial charge in [0.1, 0.15) is 5.82 Å². The van der Waals surface area contributed by atoms with Gasteiger partial charge in [-0.25, -0.2) is 12.8 Å². The predicted molar refractivity (Wildman–Crippen MR) is 70.4 cm³/mol. The Labute approximate surface area is 109 Å². The van der Waals surface area contributed by atoms with Crippen LogP contribution < -0.4 is 4.90 Å². The molecule has 0 unspecified atom stereocenters. The number of halogens is 1. The molecule has 2 atom stereocenters. The molecule has 1 aromatic carbocycles. The first-order valence-electron chi connectivity index (χ1n) is 5.47. The highest BCUT2D eigenvalue weighted by molar-refractivity contribution is 8.15. The average Bonchev–Trinajstić information content (AvgIpc) is 2.70. The number of benzene rings is 1. The lowest BCUT2D eigenvalue weighted by molar-refractivity contribution is 0.601. The lowest BCUT2D eigenvalue weighted by Gasteiger charge is -2.23. The molecule has 4 nitrogen and oxygen atoms in total. The zero-order valence-electron chi connectivity index (χ0n) is 9.34. The van der Waals surface area contributed by atoms with Crippen LogP contribution in [0.25, 0.3) is 0 Å². The third kappa shape index (κ3) is 1.91. The van der Waals surface area contributed by atoms with Gasteiger partial charge < -0.3 is 4.90 Å². The van der Waals surface area contributed by atoms with Crippen LogP contribution in [-0.2, 0) is 9.84 Å². The third-order valence-corrected chi connectivity index (χ3v) is 6.32. The van der Waals surface area contributed by atoms with E-state index < -0.39 is 9.84 Å². The Balaban J connectivity index is 1.96. The molecule has 2 fully saturated rings. The summed E-state index contributed by atoms with van der Waals surface area (Å²) in [7, 11) is -3.01. The second-order valence-corrected chi connectivity index (χ2v) is 7.83. The number of fused-ring (bicyclic) bond motifs is 1. The average molecular weight is 286 g/mol. The summed E-state index contributed by atoms with van der Waals surface area (Å²) in [5, 5.41) is 8.19. The van der Waals surface area contributed by atoms with Gasteiger partial charge in [0.25, 0.3) is 0 Å². The molecule has 7 heteroatoms. The van der Waals surface area contributed by atoms with Crippen molar-refractivity contribution in [3.05, 3.63) is 30.1 Å². The van der Waals surface area contributed by atoms with Gasteiger partial charge in [-0.3, -0.25) is 5.41 Å². The van der Waals surface area contributed by atoms with E-state index in [1.807, 2.05) is 0 Å². The molecule has 0 radical (unpaired) electrons. The van der Waals surface area contributed by atoms with Crippen molar-refractivity contribution in [2.75, 3.05) is 16.4 Å². The second-order valence-electron chi connectivity index (χ2n) is 4.45. The van der Waals surface area contributed by atoms with Crippen LogP contribution in [0.5, 0.6) is 0 Å². The molecule has 2 heterocycles. The first kappa shape index (κ1) is 12.0. The Hall–Kier alpha value is -1.08. The van der Waals surface area contributed by atoms with Gasteiger partial charge in [-0.2, -0.15) is 0 Å². The van der Waals surface area contributed by atoms with Crippen molar-refractivity contribution in [3.8, 4) is 0 Å². The number of hydrogen-bond donors (Lipinski definition) is 1. The quantitative estimate of drug-likeness (QED) is 0.849. The summed E-state index contributed by atoms with van der Waals surface area (Å²) in [6.45, 7) is 0. The molecule has 1 aromatic rings. The van der Waals surface area contributed by atoms with Crippen LogP contribution >= 0.6 is 11.8 Å². The van der Waals surface area contributed by atoms with Crippen LogP contribution in [0.2, 0.25) is 0 Å². The molecule has 0 saturated carbocycles. The molecule has 96 valence electrons. The maximum Gasteiger partial charge on any atom is 0.161 e. The van der Waals surface area contributed by atoms with Crippen molar-refractivity contribution in [3.63, 3.8) is 0 Å². The minimum absolute atomic E-state index is 0.0738. The van der Waals surface area contributed by atoms with E-state index in [-0.39, 0.29) is 28.6 Å². The molecule has 1 N–H and O–H groups in total. The Morgan fingerprint density at radius 3 is 2.61 bits per heavy atom. The van der Waals surface area contributed by atoms with Gasteiger partial charge in [-0.1, -0.05) is 11.8 Å². The number of amidine groups is 1. The van der Waals surface area contributed by atoms with Crippen LogP contribution in [0.4, 0.5) is 10.1 Å². The van der Waals surface area contributed by atoms with E-state index in [2.05, 4.69) is 0 Å². The minimum atomic E-state index is -3.01. The van der Waals surface area contributed by atoms with E-state index in [4.69, 9.17) is 5.41 Å². The fraction of sp³-hybridized carbons (Fsp3) is 0.364. The van der Waals surface area contributed by atoms with Crippen molar-refractivity contribution >= 4 is 32.5 Å². The van der Waals surface area contributed by atoms with E-state index in [1.54, 1.807) is 17.0 Å². The number of sulfone groups is 1. The first-order valence-corrected chi connectivity index (χ1v) is 8.17. The minimum Gasteiger partial charge on any atom is -0.316 e. The molecule has 0 spiro atoms. The van der Waals surface area contributed by atoms with E-state index in [0.29, 0.717) is 10.9 Å². The van der Waals surface area contributed by atoms with E-state index in [0.717, 1.165) is 0 Å². The van der Waals surface area contributed by atoms with Crippen LogP contribution in [0, 0.1) is 11.2 Å². The van der Waals surface area contributed by atoms with Crippen LogP contribution in [-0.4, -0.2) is 36.4 Å². The number of rotatable bonds is 1. The molecule has 2 saturated heterocycles. The molecule has 18 heavy (non-hydrogen) atoms. The van der Waals surface area contributed by atoms with E-state index in [9.17, 15) is 12.8 Å². The fourth-order valence-electron chi connectivity index (χ4n) is 2.41. The summed E-state index contributed by atoms with van der Waals surface area (Å²) in [5.74, 6) is -0.139. The van der Waals surface area contributed by atoms with E-state index in [1.165, 1.54) is 23.9 Å². The summed E-state index contributed by atoms with van der Waals surface area (Å²) in [6.07, 6.45) is 0. The van der Waals surface area contributed by atoms with E-state index >= 15 is 0 Å². The van der Waals surface area contributed by atoms with Gasteiger partial charge >= 0.3 is 0 Å². The molecular formula is C11H11FN2O2S2. The molecule has 0 aromatic heterocycles. The standard InChI is InChI=1S/C11H11FN2O2S2/c12-7-1-3-8(4-2-7)14-9-5-18(15,16)6-10(9)17-11(14)13/h1-4,9-10,13H,5-6H2/t9-,10-/m0/s1. The maximum absolute atomic E-state index is 12.9. The van der Waals surface area contributed by atoms with Crippen molar-refractivity contribution < 1.29 is 12.8 Å². The molecule has 0 amide bonds. The number of anilines is 1. The Bertz CT molecular complexity index is 600. The zero-order chi connectivity index (χ0) is 12.9. The third-order valence-electron chi connectivity index (χ3n) is 3.19. The number of nitrogens with one attached hydrogen (secondary N) is 1. The molecular weight excluding hydrogens is 275 g/mol. The summed E-state index contributed by atoms with van der Waals surface area (Å²) < 4.78 is 36.1. The monoisotopic (exact) mass is 286 g/mol.